The lowest BCUT2D eigenvalue weighted by Crippen LogP contribution is -2.44. The fraction of sp³-hybridized carbons (Fsp3) is 1.00. The van der Waals surface area contributed by atoms with E-state index in [-0.39, 0.29) is 6.10 Å². The summed E-state index contributed by atoms with van der Waals surface area (Å²) in [5.41, 5.74) is 0. The zero-order chi connectivity index (χ0) is 14.3. The topological polar surface area (TPSA) is 41.9 Å². The predicted octanol–water partition coefficient (Wildman–Crippen LogP) is 1.62. The van der Waals surface area contributed by atoms with Gasteiger partial charge in [-0.1, -0.05) is 13.8 Å². The molecule has 114 valence electrons. The first-order chi connectivity index (χ1) is 9.08. The molecular formula is C15H31NO3. The lowest BCUT2D eigenvalue weighted by molar-refractivity contribution is -0.00869. The van der Waals surface area contributed by atoms with Crippen molar-refractivity contribution in [1.82, 2.24) is 4.90 Å². The number of aliphatic hydroxyl groups excluding tert-OH is 1. The van der Waals surface area contributed by atoms with Crippen LogP contribution in [0, 0.1) is 17.8 Å². The van der Waals surface area contributed by atoms with E-state index in [9.17, 15) is 5.11 Å². The normalized spacial score (nSPS) is 31.9. The molecule has 1 rings (SSSR count). The maximum atomic E-state index is 10.3. The standard InChI is InChI=1S/C15H31NO3/c1-12-9-13(2)14(15(17)10-12)11-16(5-7-18-3)6-8-19-4/h12-15,17H,5-11H2,1-4H3. The summed E-state index contributed by atoms with van der Waals surface area (Å²) in [4.78, 5) is 2.35. The van der Waals surface area contributed by atoms with Crippen molar-refractivity contribution in [3.05, 3.63) is 0 Å². The Hall–Kier alpha value is -0.160. The Kier molecular flexibility index (Phi) is 7.91. The van der Waals surface area contributed by atoms with Crippen molar-refractivity contribution in [2.24, 2.45) is 17.8 Å². The third kappa shape index (κ3) is 5.78. The fourth-order valence-corrected chi connectivity index (χ4v) is 3.21. The second kappa shape index (κ2) is 8.90. The average Bonchev–Trinajstić information content (AvgIpc) is 2.35. The second-order valence-corrected chi connectivity index (χ2v) is 6.07. The van der Waals surface area contributed by atoms with Gasteiger partial charge in [0.1, 0.15) is 0 Å². The van der Waals surface area contributed by atoms with E-state index in [4.69, 9.17) is 9.47 Å². The second-order valence-electron chi connectivity index (χ2n) is 6.07. The van der Waals surface area contributed by atoms with E-state index in [1.165, 1.54) is 6.42 Å². The summed E-state index contributed by atoms with van der Waals surface area (Å²) in [5.74, 6) is 1.61. The van der Waals surface area contributed by atoms with Gasteiger partial charge in [0.2, 0.25) is 0 Å². The molecule has 1 fully saturated rings. The molecule has 0 aromatic carbocycles. The molecule has 0 aliphatic heterocycles. The minimum absolute atomic E-state index is 0.161. The third-order valence-electron chi connectivity index (χ3n) is 4.34. The van der Waals surface area contributed by atoms with Crippen molar-refractivity contribution in [1.29, 1.82) is 0 Å². The van der Waals surface area contributed by atoms with Crippen LogP contribution in [0.2, 0.25) is 0 Å². The van der Waals surface area contributed by atoms with Gasteiger partial charge in [-0.15, -0.1) is 0 Å². The molecule has 0 spiro atoms. The van der Waals surface area contributed by atoms with Gasteiger partial charge in [0.25, 0.3) is 0 Å². The molecule has 4 nitrogen and oxygen atoms in total. The Bertz CT molecular complexity index is 217. The molecule has 1 aliphatic rings. The quantitative estimate of drug-likeness (QED) is 0.730. The van der Waals surface area contributed by atoms with Crippen molar-refractivity contribution in [3.8, 4) is 0 Å². The molecule has 4 heteroatoms. The fourth-order valence-electron chi connectivity index (χ4n) is 3.21. The maximum Gasteiger partial charge on any atom is 0.0589 e. The first-order valence-electron chi connectivity index (χ1n) is 7.46. The van der Waals surface area contributed by atoms with E-state index < -0.39 is 0 Å². The highest BCUT2D eigenvalue weighted by Crippen LogP contribution is 2.34. The van der Waals surface area contributed by atoms with E-state index >= 15 is 0 Å². The van der Waals surface area contributed by atoms with Gasteiger partial charge in [-0.3, -0.25) is 4.90 Å². The van der Waals surface area contributed by atoms with Crippen molar-refractivity contribution in [3.63, 3.8) is 0 Å². The first-order valence-corrected chi connectivity index (χ1v) is 7.46. The lowest BCUT2D eigenvalue weighted by atomic mass is 9.73. The van der Waals surface area contributed by atoms with Crippen LogP contribution in [0.3, 0.4) is 0 Å². The molecule has 19 heavy (non-hydrogen) atoms. The van der Waals surface area contributed by atoms with Gasteiger partial charge in [-0.2, -0.15) is 0 Å². The van der Waals surface area contributed by atoms with Crippen LogP contribution in [0.5, 0.6) is 0 Å². The third-order valence-corrected chi connectivity index (χ3v) is 4.34. The molecule has 0 amide bonds. The van der Waals surface area contributed by atoms with Crippen LogP contribution in [-0.4, -0.2) is 63.2 Å². The molecule has 0 bridgehead atoms. The highest BCUT2D eigenvalue weighted by Gasteiger charge is 2.33. The minimum Gasteiger partial charge on any atom is -0.393 e. The van der Waals surface area contributed by atoms with Crippen molar-refractivity contribution in [2.45, 2.75) is 32.8 Å². The van der Waals surface area contributed by atoms with E-state index in [0.717, 1.165) is 39.3 Å². The summed E-state index contributed by atoms with van der Waals surface area (Å²) >= 11 is 0. The molecule has 4 atom stereocenters. The van der Waals surface area contributed by atoms with Crippen molar-refractivity contribution in [2.75, 3.05) is 47.1 Å². The van der Waals surface area contributed by atoms with Crippen LogP contribution in [0.1, 0.15) is 26.7 Å². The molecule has 0 heterocycles. The molecule has 0 aromatic rings. The first kappa shape index (κ1) is 16.9. The summed E-state index contributed by atoms with van der Waals surface area (Å²) in [6.07, 6.45) is 2.01. The molecule has 1 aliphatic carbocycles. The minimum atomic E-state index is -0.161. The molecular weight excluding hydrogens is 242 g/mol. The van der Waals surface area contributed by atoms with Gasteiger partial charge >= 0.3 is 0 Å². The number of aliphatic hydroxyl groups is 1. The molecule has 0 radical (unpaired) electrons. The Morgan fingerprint density at radius 3 is 2.11 bits per heavy atom. The summed E-state index contributed by atoms with van der Waals surface area (Å²) in [5, 5.41) is 10.3. The SMILES string of the molecule is COCCN(CCOC)CC1C(C)CC(C)CC1O. The average molecular weight is 273 g/mol. The summed E-state index contributed by atoms with van der Waals surface area (Å²) in [6.45, 7) is 8.74. The predicted molar refractivity (Wildman–Crippen MR) is 77.3 cm³/mol. The van der Waals surface area contributed by atoms with Gasteiger partial charge in [-0.05, 0) is 24.7 Å². The van der Waals surface area contributed by atoms with Crippen LogP contribution in [0.15, 0.2) is 0 Å². The van der Waals surface area contributed by atoms with Crippen LogP contribution < -0.4 is 0 Å². The molecule has 0 saturated heterocycles. The van der Waals surface area contributed by atoms with Crippen molar-refractivity contribution >= 4 is 0 Å². The van der Waals surface area contributed by atoms with Gasteiger partial charge in [-0.25, -0.2) is 0 Å². The smallest absolute Gasteiger partial charge is 0.0589 e. The Morgan fingerprint density at radius 2 is 1.63 bits per heavy atom. The molecule has 1 N–H and O–H groups in total. The van der Waals surface area contributed by atoms with E-state index in [1.54, 1.807) is 14.2 Å². The number of ether oxygens (including phenoxy) is 2. The maximum absolute atomic E-state index is 10.3. The highest BCUT2D eigenvalue weighted by molar-refractivity contribution is 4.84. The summed E-state index contributed by atoms with van der Waals surface area (Å²) in [7, 11) is 3.46. The van der Waals surface area contributed by atoms with E-state index in [0.29, 0.717) is 17.8 Å². The monoisotopic (exact) mass is 273 g/mol. The summed E-state index contributed by atoms with van der Waals surface area (Å²) in [6, 6.07) is 0. The number of nitrogens with zero attached hydrogens (tertiary/aromatic N) is 1. The van der Waals surface area contributed by atoms with Crippen molar-refractivity contribution < 1.29 is 14.6 Å². The Labute approximate surface area is 118 Å². The van der Waals surface area contributed by atoms with Gasteiger partial charge in [0, 0.05) is 39.8 Å². The molecule has 1 saturated carbocycles. The highest BCUT2D eigenvalue weighted by atomic mass is 16.5. The Balaban J connectivity index is 2.50. The number of methoxy groups -OCH3 is 2. The number of rotatable bonds is 8. The number of hydrogen-bond acceptors (Lipinski definition) is 4. The lowest BCUT2D eigenvalue weighted by Gasteiger charge is -2.39. The van der Waals surface area contributed by atoms with Gasteiger partial charge < -0.3 is 14.6 Å². The van der Waals surface area contributed by atoms with E-state index in [1.807, 2.05) is 0 Å². The zero-order valence-corrected chi connectivity index (χ0v) is 13.0. The van der Waals surface area contributed by atoms with Gasteiger partial charge in [0.05, 0.1) is 19.3 Å². The van der Waals surface area contributed by atoms with Crippen LogP contribution in [0.4, 0.5) is 0 Å². The van der Waals surface area contributed by atoms with Crippen LogP contribution in [0.25, 0.3) is 0 Å². The Morgan fingerprint density at radius 1 is 1.05 bits per heavy atom. The molecule has 4 unspecified atom stereocenters. The number of hydrogen-bond donors (Lipinski definition) is 1. The van der Waals surface area contributed by atoms with E-state index in [2.05, 4.69) is 18.7 Å². The largest absolute Gasteiger partial charge is 0.393 e. The summed E-state index contributed by atoms with van der Waals surface area (Å²) < 4.78 is 10.3. The molecule has 0 aromatic heterocycles. The van der Waals surface area contributed by atoms with Gasteiger partial charge in [0.15, 0.2) is 0 Å². The zero-order valence-electron chi connectivity index (χ0n) is 13.0. The van der Waals surface area contributed by atoms with Crippen LogP contribution >= 0.6 is 0 Å². The van der Waals surface area contributed by atoms with Crippen LogP contribution in [-0.2, 0) is 9.47 Å².